The van der Waals surface area contributed by atoms with E-state index in [2.05, 4.69) is 36.0 Å². The van der Waals surface area contributed by atoms with Crippen LogP contribution < -0.4 is 16.0 Å². The number of carbonyl (C=O) groups excluding carboxylic acids is 1. The number of carbonyl (C=O) groups is 1. The first-order chi connectivity index (χ1) is 13.6. The van der Waals surface area contributed by atoms with E-state index < -0.39 is 6.04 Å². The van der Waals surface area contributed by atoms with Gasteiger partial charge in [-0.05, 0) is 11.6 Å². The third kappa shape index (κ3) is 4.93. The van der Waals surface area contributed by atoms with Crippen LogP contribution in [-0.4, -0.2) is 49.4 Å². The first kappa shape index (κ1) is 19.5. The summed E-state index contributed by atoms with van der Waals surface area (Å²) in [5.74, 6) is 0.489. The zero-order valence-corrected chi connectivity index (χ0v) is 15.8. The van der Waals surface area contributed by atoms with Crippen LogP contribution in [-0.2, 0) is 11.3 Å². The van der Waals surface area contributed by atoms with Crippen molar-refractivity contribution < 1.29 is 9.90 Å². The number of likely N-dealkylation sites (N-methyl/N-ethyl adjacent to an activating group) is 1. The molecular weight excluding hydrogens is 384 g/mol. The molecule has 11 heteroatoms. The number of nitrogens with one attached hydrogen (secondary N) is 3. The monoisotopic (exact) mass is 402 g/mol. The van der Waals surface area contributed by atoms with Crippen LogP contribution >= 0.6 is 11.6 Å². The summed E-state index contributed by atoms with van der Waals surface area (Å²) in [5, 5.41) is 22.7. The van der Waals surface area contributed by atoms with Crippen LogP contribution in [0, 0.1) is 0 Å². The topological polar surface area (TPSA) is 130 Å². The fourth-order valence-corrected chi connectivity index (χ4v) is 2.53. The second-order valence-corrected chi connectivity index (χ2v) is 6.19. The molecule has 0 spiro atoms. The second kappa shape index (κ2) is 9.11. The van der Waals surface area contributed by atoms with E-state index in [0.29, 0.717) is 16.5 Å². The molecule has 0 saturated heterocycles. The van der Waals surface area contributed by atoms with Crippen molar-refractivity contribution in [1.82, 2.24) is 30.0 Å². The molecule has 10 nitrogen and oxygen atoms in total. The molecule has 0 saturated carbocycles. The Kier molecular flexibility index (Phi) is 6.35. The molecule has 0 radical (unpaired) electrons. The zero-order chi connectivity index (χ0) is 19.9. The van der Waals surface area contributed by atoms with Gasteiger partial charge in [-0.2, -0.15) is 10.1 Å². The van der Waals surface area contributed by atoms with E-state index in [-0.39, 0.29) is 25.0 Å². The van der Waals surface area contributed by atoms with Crippen molar-refractivity contribution in [3.8, 4) is 0 Å². The van der Waals surface area contributed by atoms with Crippen molar-refractivity contribution in [2.75, 3.05) is 24.3 Å². The van der Waals surface area contributed by atoms with Crippen molar-refractivity contribution in [2.24, 2.45) is 0 Å². The minimum Gasteiger partial charge on any atom is -0.394 e. The molecule has 0 aliphatic heterocycles. The molecule has 0 bridgehead atoms. The lowest BCUT2D eigenvalue weighted by molar-refractivity contribution is -0.121. The summed E-state index contributed by atoms with van der Waals surface area (Å²) in [5.41, 5.74) is 1.41. The molecule has 0 fully saturated rings. The third-order valence-corrected chi connectivity index (χ3v) is 4.07. The Hall–Kier alpha value is -3.24. The van der Waals surface area contributed by atoms with Gasteiger partial charge in [0.1, 0.15) is 11.6 Å². The summed E-state index contributed by atoms with van der Waals surface area (Å²) in [6.07, 6.45) is 7.98. The van der Waals surface area contributed by atoms with Gasteiger partial charge < -0.3 is 21.1 Å². The van der Waals surface area contributed by atoms with Crippen LogP contribution in [0.15, 0.2) is 43.1 Å². The maximum absolute atomic E-state index is 11.4. The third-order valence-electron chi connectivity index (χ3n) is 3.80. The first-order valence-electron chi connectivity index (χ1n) is 8.39. The highest BCUT2D eigenvalue weighted by molar-refractivity contribution is 6.32. The fraction of sp³-hybridized carbons (Fsp3) is 0.235. The van der Waals surface area contributed by atoms with Crippen molar-refractivity contribution >= 4 is 35.0 Å². The summed E-state index contributed by atoms with van der Waals surface area (Å²) in [7, 11) is 1.56. The van der Waals surface area contributed by atoms with Gasteiger partial charge >= 0.3 is 0 Å². The lowest BCUT2D eigenvalue weighted by Gasteiger charge is -2.18. The molecule has 3 aromatic heterocycles. The Morgan fingerprint density at radius 3 is 2.93 bits per heavy atom. The minimum atomic E-state index is -0.427. The van der Waals surface area contributed by atoms with Crippen molar-refractivity contribution in [1.29, 1.82) is 0 Å². The molecule has 0 aliphatic rings. The first-order valence-corrected chi connectivity index (χ1v) is 8.76. The number of aliphatic hydroxyl groups excluding tert-OH is 1. The summed E-state index contributed by atoms with van der Waals surface area (Å²) >= 11 is 6.19. The smallest absolute Gasteiger partial charge is 0.241 e. The highest BCUT2D eigenvalue weighted by Gasteiger charge is 2.14. The maximum Gasteiger partial charge on any atom is 0.241 e. The molecule has 1 unspecified atom stereocenters. The van der Waals surface area contributed by atoms with Crippen molar-refractivity contribution in [3.63, 3.8) is 0 Å². The zero-order valence-electron chi connectivity index (χ0n) is 15.0. The Morgan fingerprint density at radius 2 is 2.21 bits per heavy atom. The summed E-state index contributed by atoms with van der Waals surface area (Å²) in [6, 6.07) is 3.20. The number of aliphatic hydroxyl groups is 1. The predicted molar refractivity (Wildman–Crippen MR) is 104 cm³/mol. The number of rotatable bonds is 8. The van der Waals surface area contributed by atoms with E-state index in [1.807, 2.05) is 6.07 Å². The molecular formula is C17H19ClN8O2. The Balaban J connectivity index is 1.73. The average molecular weight is 403 g/mol. The van der Waals surface area contributed by atoms with Gasteiger partial charge in [0.05, 0.1) is 30.7 Å². The van der Waals surface area contributed by atoms with E-state index in [0.717, 1.165) is 5.56 Å². The number of amides is 1. The van der Waals surface area contributed by atoms with E-state index in [1.165, 1.54) is 10.9 Å². The van der Waals surface area contributed by atoms with E-state index in [4.69, 9.17) is 11.6 Å². The summed E-state index contributed by atoms with van der Waals surface area (Å²) < 4.78 is 1.49. The molecule has 4 N–H and O–H groups in total. The van der Waals surface area contributed by atoms with Crippen molar-refractivity contribution in [2.45, 2.75) is 12.6 Å². The Bertz CT molecular complexity index is 934. The van der Waals surface area contributed by atoms with Gasteiger partial charge in [0, 0.05) is 25.6 Å². The molecule has 1 atom stereocenters. The van der Waals surface area contributed by atoms with Crippen LogP contribution in [0.25, 0.3) is 0 Å². The number of aromatic nitrogens is 5. The fourth-order valence-electron chi connectivity index (χ4n) is 2.38. The SMILES string of the molecule is CNC(=O)Cn1cc(Nc2ncc(Cl)c(NC(CO)c3cccnc3)n2)cn1. The van der Waals surface area contributed by atoms with Crippen LogP contribution in [0.4, 0.5) is 17.5 Å². The van der Waals surface area contributed by atoms with Crippen LogP contribution in [0.1, 0.15) is 11.6 Å². The van der Waals surface area contributed by atoms with Crippen molar-refractivity contribution in [3.05, 3.63) is 53.7 Å². The van der Waals surface area contributed by atoms with Crippen LogP contribution in [0.5, 0.6) is 0 Å². The summed E-state index contributed by atoms with van der Waals surface area (Å²) in [6.45, 7) is -0.0587. The van der Waals surface area contributed by atoms with Crippen LogP contribution in [0.2, 0.25) is 5.02 Å². The normalized spacial score (nSPS) is 11.7. The van der Waals surface area contributed by atoms with E-state index >= 15 is 0 Å². The predicted octanol–water partition coefficient (Wildman–Crippen LogP) is 1.36. The quantitative estimate of drug-likeness (QED) is 0.444. The maximum atomic E-state index is 11.4. The number of anilines is 3. The largest absolute Gasteiger partial charge is 0.394 e. The van der Waals surface area contributed by atoms with Gasteiger partial charge in [0.25, 0.3) is 0 Å². The number of pyridine rings is 1. The molecule has 28 heavy (non-hydrogen) atoms. The van der Waals surface area contributed by atoms with E-state index in [1.54, 1.807) is 37.9 Å². The molecule has 1 amide bonds. The van der Waals surface area contributed by atoms with E-state index in [9.17, 15) is 9.90 Å². The second-order valence-electron chi connectivity index (χ2n) is 5.78. The minimum absolute atomic E-state index is 0.107. The van der Waals surface area contributed by atoms with Gasteiger partial charge in [-0.1, -0.05) is 17.7 Å². The lowest BCUT2D eigenvalue weighted by atomic mass is 10.1. The molecule has 0 aliphatic carbocycles. The number of hydrogen-bond acceptors (Lipinski definition) is 8. The highest BCUT2D eigenvalue weighted by Crippen LogP contribution is 2.25. The van der Waals surface area contributed by atoms with Gasteiger partial charge in [0.2, 0.25) is 11.9 Å². The standard InChI is InChI=1S/C17H19ClN8O2/c1-19-15(28)9-26-8-12(6-22-26)23-17-21-7-13(18)16(25-17)24-14(10-27)11-3-2-4-20-5-11/h2-8,14,27H,9-10H2,1H3,(H,19,28)(H2,21,23,24,25). The number of hydrogen-bond donors (Lipinski definition) is 4. The lowest BCUT2D eigenvalue weighted by Crippen LogP contribution is -2.23. The molecule has 146 valence electrons. The summed E-state index contributed by atoms with van der Waals surface area (Å²) in [4.78, 5) is 24.0. The average Bonchev–Trinajstić information content (AvgIpc) is 3.15. The highest BCUT2D eigenvalue weighted by atomic mass is 35.5. The number of halogens is 1. The Labute approximate surface area is 166 Å². The van der Waals surface area contributed by atoms with Gasteiger partial charge in [-0.3, -0.25) is 14.5 Å². The van der Waals surface area contributed by atoms with Crippen LogP contribution in [0.3, 0.4) is 0 Å². The van der Waals surface area contributed by atoms with Gasteiger partial charge in [0.15, 0.2) is 5.82 Å². The molecule has 3 heterocycles. The number of nitrogens with zero attached hydrogens (tertiary/aromatic N) is 5. The molecule has 3 rings (SSSR count). The molecule has 0 aromatic carbocycles. The van der Waals surface area contributed by atoms with Gasteiger partial charge in [-0.25, -0.2) is 4.98 Å². The molecule has 3 aromatic rings. The Morgan fingerprint density at radius 1 is 1.36 bits per heavy atom. The van der Waals surface area contributed by atoms with Gasteiger partial charge in [-0.15, -0.1) is 0 Å².